The van der Waals surface area contributed by atoms with E-state index >= 15 is 0 Å². The van der Waals surface area contributed by atoms with Gasteiger partial charge in [-0.3, -0.25) is 4.79 Å². The van der Waals surface area contributed by atoms with Crippen LogP contribution in [0.25, 0.3) is 22.4 Å². The Morgan fingerprint density at radius 1 is 1.19 bits per heavy atom. The van der Waals surface area contributed by atoms with E-state index in [9.17, 15) is 4.79 Å². The number of nitrogens with one attached hydrogen (secondary N) is 2. The van der Waals surface area contributed by atoms with Crippen LogP contribution in [0.1, 0.15) is 20.3 Å². The maximum absolute atomic E-state index is 10.8. The zero-order valence-corrected chi connectivity index (χ0v) is 15.9. The van der Waals surface area contributed by atoms with Crippen LogP contribution in [0.15, 0.2) is 42.5 Å². The Labute approximate surface area is 159 Å². The number of H-pyrrole nitrogens is 1. The minimum atomic E-state index is 0.662. The first-order valence-electron chi connectivity index (χ1n) is 9.39. The molecule has 6 nitrogen and oxygen atoms in total. The van der Waals surface area contributed by atoms with Crippen molar-refractivity contribution in [3.05, 3.63) is 42.5 Å². The fourth-order valence-corrected chi connectivity index (χ4v) is 3.10. The maximum atomic E-state index is 10.8. The Morgan fingerprint density at radius 2 is 2.00 bits per heavy atom. The highest BCUT2D eigenvalue weighted by atomic mass is 16.5. The van der Waals surface area contributed by atoms with Crippen LogP contribution < -0.4 is 10.1 Å². The van der Waals surface area contributed by atoms with Gasteiger partial charge in [-0.2, -0.15) is 0 Å². The van der Waals surface area contributed by atoms with Crippen LogP contribution in [-0.4, -0.2) is 47.5 Å². The lowest BCUT2D eigenvalue weighted by Crippen LogP contribution is -2.25. The van der Waals surface area contributed by atoms with Crippen molar-refractivity contribution in [3.63, 3.8) is 0 Å². The minimum Gasteiger partial charge on any atom is -0.494 e. The average Bonchev–Trinajstić information content (AvgIpc) is 3.14. The number of aromatic amines is 1. The normalized spacial score (nSPS) is 11.1. The molecule has 0 bridgehead atoms. The summed E-state index contributed by atoms with van der Waals surface area (Å²) in [5.41, 5.74) is 3.26. The van der Waals surface area contributed by atoms with Crippen LogP contribution in [0.3, 0.4) is 0 Å². The highest BCUT2D eigenvalue weighted by Gasteiger charge is 2.09. The van der Waals surface area contributed by atoms with Crippen LogP contribution in [0, 0.1) is 0 Å². The number of anilines is 1. The average molecular weight is 366 g/mol. The molecule has 0 aliphatic carbocycles. The fourth-order valence-electron chi connectivity index (χ4n) is 3.10. The third-order valence-electron chi connectivity index (χ3n) is 4.62. The monoisotopic (exact) mass is 366 g/mol. The maximum Gasteiger partial charge on any atom is 0.211 e. The number of hydrogen-bond acceptors (Lipinski definition) is 4. The Bertz CT molecular complexity index is 887. The Kier molecular flexibility index (Phi) is 6.44. The predicted molar refractivity (Wildman–Crippen MR) is 109 cm³/mol. The van der Waals surface area contributed by atoms with Crippen LogP contribution >= 0.6 is 0 Å². The molecule has 2 N–H and O–H groups in total. The molecule has 1 heterocycles. The molecule has 3 aromatic rings. The molecule has 0 radical (unpaired) electrons. The van der Waals surface area contributed by atoms with E-state index < -0.39 is 0 Å². The molecule has 3 rings (SSSR count). The molecule has 0 fully saturated rings. The van der Waals surface area contributed by atoms with E-state index in [0.717, 1.165) is 54.2 Å². The van der Waals surface area contributed by atoms with Gasteiger partial charge in [-0.15, -0.1) is 0 Å². The molecule has 0 aliphatic rings. The number of ether oxygens (including phenoxy) is 1. The van der Waals surface area contributed by atoms with E-state index in [1.807, 2.05) is 42.5 Å². The first kappa shape index (κ1) is 18.9. The van der Waals surface area contributed by atoms with Crippen molar-refractivity contribution in [2.75, 3.05) is 31.6 Å². The molecule has 0 saturated carbocycles. The van der Waals surface area contributed by atoms with E-state index in [0.29, 0.717) is 18.7 Å². The largest absolute Gasteiger partial charge is 0.494 e. The van der Waals surface area contributed by atoms with Gasteiger partial charge in [0.1, 0.15) is 17.1 Å². The van der Waals surface area contributed by atoms with Gasteiger partial charge < -0.3 is 19.9 Å². The molecule has 6 heteroatoms. The Balaban J connectivity index is 1.71. The summed E-state index contributed by atoms with van der Waals surface area (Å²) in [7, 11) is 0. The highest BCUT2D eigenvalue weighted by Crippen LogP contribution is 2.27. The number of fused-ring (bicyclic) bond motifs is 1. The number of carbonyl (C=O) groups is 1. The lowest BCUT2D eigenvalue weighted by molar-refractivity contribution is -0.105. The fraction of sp³-hybridized carbons (Fsp3) is 0.333. The number of nitrogens with zero attached hydrogens (tertiary/aromatic N) is 2. The molecule has 1 amide bonds. The van der Waals surface area contributed by atoms with Gasteiger partial charge in [-0.1, -0.05) is 32.0 Å². The molecule has 27 heavy (non-hydrogen) atoms. The van der Waals surface area contributed by atoms with E-state index in [1.54, 1.807) is 0 Å². The SMILES string of the molecule is CCN(CC)CCCOc1cccc(-c2nc3c(NC=O)cccc3[nH]2)c1. The second-order valence-electron chi connectivity index (χ2n) is 6.31. The number of para-hydroxylation sites is 1. The molecule has 0 aliphatic heterocycles. The van der Waals surface area contributed by atoms with Crippen LogP contribution in [0.4, 0.5) is 5.69 Å². The molecular weight excluding hydrogens is 340 g/mol. The smallest absolute Gasteiger partial charge is 0.211 e. The molecule has 1 aromatic heterocycles. The van der Waals surface area contributed by atoms with Gasteiger partial charge in [-0.05, 0) is 43.8 Å². The van der Waals surface area contributed by atoms with Crippen molar-refractivity contribution in [3.8, 4) is 17.1 Å². The van der Waals surface area contributed by atoms with Crippen molar-refractivity contribution in [1.82, 2.24) is 14.9 Å². The van der Waals surface area contributed by atoms with Gasteiger partial charge in [0.15, 0.2) is 0 Å². The number of amides is 1. The quantitative estimate of drug-likeness (QED) is 0.422. The van der Waals surface area contributed by atoms with Crippen molar-refractivity contribution < 1.29 is 9.53 Å². The topological polar surface area (TPSA) is 70.2 Å². The lowest BCUT2D eigenvalue weighted by Gasteiger charge is -2.17. The van der Waals surface area contributed by atoms with Crippen LogP contribution in [0.2, 0.25) is 0 Å². The number of carbonyl (C=O) groups excluding carboxylic acids is 1. The van der Waals surface area contributed by atoms with Crippen LogP contribution in [0.5, 0.6) is 5.75 Å². The van der Waals surface area contributed by atoms with Gasteiger partial charge in [0.25, 0.3) is 0 Å². The summed E-state index contributed by atoms with van der Waals surface area (Å²) in [4.78, 5) is 21.1. The second kappa shape index (κ2) is 9.19. The lowest BCUT2D eigenvalue weighted by atomic mass is 10.2. The molecule has 142 valence electrons. The number of rotatable bonds is 10. The van der Waals surface area contributed by atoms with Gasteiger partial charge in [-0.25, -0.2) is 4.98 Å². The molecule has 2 aromatic carbocycles. The van der Waals surface area contributed by atoms with Crippen molar-refractivity contribution >= 4 is 23.1 Å². The molecular formula is C21H26N4O2. The summed E-state index contributed by atoms with van der Waals surface area (Å²) in [5.74, 6) is 1.58. The van der Waals surface area contributed by atoms with E-state index in [4.69, 9.17) is 4.74 Å². The highest BCUT2D eigenvalue weighted by molar-refractivity contribution is 5.94. The first-order valence-corrected chi connectivity index (χ1v) is 9.39. The molecule has 0 saturated heterocycles. The number of benzene rings is 2. The van der Waals surface area contributed by atoms with Crippen molar-refractivity contribution in [2.24, 2.45) is 0 Å². The Hall–Kier alpha value is -2.86. The van der Waals surface area contributed by atoms with Crippen molar-refractivity contribution in [2.45, 2.75) is 20.3 Å². The number of hydrogen-bond donors (Lipinski definition) is 2. The zero-order valence-electron chi connectivity index (χ0n) is 15.9. The van der Waals surface area contributed by atoms with E-state index in [1.165, 1.54) is 0 Å². The summed E-state index contributed by atoms with van der Waals surface area (Å²) in [6, 6.07) is 13.6. The number of aromatic nitrogens is 2. The minimum absolute atomic E-state index is 0.662. The molecule has 0 spiro atoms. The predicted octanol–water partition coefficient (Wildman–Crippen LogP) is 3.91. The summed E-state index contributed by atoms with van der Waals surface area (Å²) in [6.45, 7) is 8.22. The van der Waals surface area contributed by atoms with E-state index in [2.05, 4.69) is 34.0 Å². The van der Waals surface area contributed by atoms with Gasteiger partial charge in [0.2, 0.25) is 6.41 Å². The Morgan fingerprint density at radius 3 is 2.78 bits per heavy atom. The van der Waals surface area contributed by atoms with Crippen molar-refractivity contribution in [1.29, 1.82) is 0 Å². The van der Waals surface area contributed by atoms with E-state index in [-0.39, 0.29) is 0 Å². The van der Waals surface area contributed by atoms with Gasteiger partial charge in [0, 0.05) is 12.1 Å². The standard InChI is InChI=1S/C21H26N4O2/c1-3-25(4-2)12-7-13-27-17-9-5-8-16(14-17)21-23-19-11-6-10-18(22-15-26)20(19)24-21/h5-6,8-11,14-15H,3-4,7,12-13H2,1-2H3,(H,22,26)(H,23,24). The summed E-state index contributed by atoms with van der Waals surface area (Å²) >= 11 is 0. The third-order valence-corrected chi connectivity index (χ3v) is 4.62. The third kappa shape index (κ3) is 4.65. The summed E-state index contributed by atoms with van der Waals surface area (Å²) < 4.78 is 5.92. The zero-order chi connectivity index (χ0) is 19.1. The van der Waals surface area contributed by atoms with Gasteiger partial charge >= 0.3 is 0 Å². The first-order chi connectivity index (χ1) is 13.2. The molecule has 0 atom stereocenters. The summed E-state index contributed by atoms with van der Waals surface area (Å²) in [6.07, 6.45) is 1.66. The number of imidazole rings is 1. The molecule has 0 unspecified atom stereocenters. The second-order valence-corrected chi connectivity index (χ2v) is 6.31. The van der Waals surface area contributed by atoms with Crippen LogP contribution in [-0.2, 0) is 4.79 Å². The summed E-state index contributed by atoms with van der Waals surface area (Å²) in [5, 5.41) is 2.69. The van der Waals surface area contributed by atoms with Gasteiger partial charge in [0.05, 0.1) is 17.8 Å².